The Kier molecular flexibility index (Phi) is 4.14. The van der Waals surface area contributed by atoms with Gasteiger partial charge in [-0.1, -0.05) is 26.3 Å². The molecule has 0 heterocycles. The number of carbonyl (C=O) groups excluding carboxylic acids is 1. The van der Waals surface area contributed by atoms with Crippen molar-refractivity contribution in [2.24, 2.45) is 11.8 Å². The second kappa shape index (κ2) is 5.46. The van der Waals surface area contributed by atoms with E-state index >= 15 is 0 Å². The highest BCUT2D eigenvalue weighted by Crippen LogP contribution is 2.53. The van der Waals surface area contributed by atoms with Crippen LogP contribution >= 0.6 is 0 Å². The Morgan fingerprint density at radius 3 is 2.61 bits per heavy atom. The predicted octanol–water partition coefficient (Wildman–Crippen LogP) is 4.24. The fraction of sp³-hybridized carbons (Fsp3) is 0.812. The summed E-state index contributed by atoms with van der Waals surface area (Å²) in [5.74, 6) is 1.02. The number of ether oxygens (including phenoxy) is 1. The Labute approximate surface area is 111 Å². The Morgan fingerprint density at radius 1 is 1.33 bits per heavy atom. The van der Waals surface area contributed by atoms with Crippen LogP contribution in [0.1, 0.15) is 65.2 Å². The van der Waals surface area contributed by atoms with Gasteiger partial charge < -0.3 is 4.74 Å². The van der Waals surface area contributed by atoms with Crippen LogP contribution in [-0.4, -0.2) is 11.6 Å². The Bertz CT molecular complexity index is 328. The maximum Gasteiger partial charge on any atom is 0.333 e. The Hall–Kier alpha value is -0.790. The number of esters is 1. The standard InChI is InChI=1S/C16H26O2/c1-4-7-13-8-5-6-11-16(13,14-9-10-14)18-15(17)12(2)3/h13-14H,2,4-11H2,1,3H3. The lowest BCUT2D eigenvalue weighted by Crippen LogP contribution is -2.47. The van der Waals surface area contributed by atoms with Crippen molar-refractivity contribution in [3.05, 3.63) is 12.2 Å². The van der Waals surface area contributed by atoms with E-state index in [1.54, 1.807) is 6.92 Å². The summed E-state index contributed by atoms with van der Waals surface area (Å²) in [6.07, 6.45) is 9.66. The molecule has 0 bridgehead atoms. The molecular formula is C16H26O2. The minimum Gasteiger partial charge on any atom is -0.455 e. The molecule has 2 nitrogen and oxygen atoms in total. The molecular weight excluding hydrogens is 224 g/mol. The molecule has 0 aliphatic heterocycles. The third-order valence-corrected chi connectivity index (χ3v) is 4.60. The molecule has 2 atom stereocenters. The van der Waals surface area contributed by atoms with Gasteiger partial charge in [-0.15, -0.1) is 0 Å². The molecule has 0 aromatic carbocycles. The molecule has 2 aliphatic rings. The summed E-state index contributed by atoms with van der Waals surface area (Å²) in [7, 11) is 0. The van der Waals surface area contributed by atoms with Crippen LogP contribution in [0.5, 0.6) is 0 Å². The summed E-state index contributed by atoms with van der Waals surface area (Å²) < 4.78 is 5.99. The van der Waals surface area contributed by atoms with E-state index in [2.05, 4.69) is 13.5 Å². The highest BCUT2D eigenvalue weighted by atomic mass is 16.6. The van der Waals surface area contributed by atoms with Crippen molar-refractivity contribution in [2.45, 2.75) is 70.8 Å². The maximum atomic E-state index is 12.0. The van der Waals surface area contributed by atoms with Gasteiger partial charge in [0.1, 0.15) is 5.60 Å². The van der Waals surface area contributed by atoms with E-state index in [4.69, 9.17) is 4.74 Å². The van der Waals surface area contributed by atoms with E-state index in [1.165, 1.54) is 44.9 Å². The Balaban J connectivity index is 2.17. The molecule has 0 spiro atoms. The summed E-state index contributed by atoms with van der Waals surface area (Å²) in [5, 5.41) is 0. The number of hydrogen-bond acceptors (Lipinski definition) is 2. The lowest BCUT2D eigenvalue weighted by atomic mass is 9.70. The summed E-state index contributed by atoms with van der Waals surface area (Å²) in [5.41, 5.74) is 0.389. The van der Waals surface area contributed by atoms with Crippen LogP contribution in [0.25, 0.3) is 0 Å². The zero-order valence-corrected chi connectivity index (χ0v) is 11.8. The van der Waals surface area contributed by atoms with Gasteiger partial charge in [0.15, 0.2) is 0 Å². The van der Waals surface area contributed by atoms with Crippen LogP contribution in [0.3, 0.4) is 0 Å². The molecule has 0 saturated heterocycles. The summed E-state index contributed by atoms with van der Waals surface area (Å²) in [6, 6.07) is 0. The van der Waals surface area contributed by atoms with Gasteiger partial charge >= 0.3 is 5.97 Å². The maximum absolute atomic E-state index is 12.0. The van der Waals surface area contributed by atoms with Crippen molar-refractivity contribution >= 4 is 5.97 Å². The zero-order valence-electron chi connectivity index (χ0n) is 11.8. The van der Waals surface area contributed by atoms with Crippen molar-refractivity contribution in [2.75, 3.05) is 0 Å². The molecule has 0 amide bonds. The molecule has 2 aliphatic carbocycles. The van der Waals surface area contributed by atoms with Gasteiger partial charge in [-0.2, -0.15) is 0 Å². The Morgan fingerprint density at radius 2 is 2.06 bits per heavy atom. The van der Waals surface area contributed by atoms with E-state index in [0.29, 0.717) is 17.4 Å². The van der Waals surface area contributed by atoms with E-state index in [9.17, 15) is 4.79 Å². The average molecular weight is 250 g/mol. The van der Waals surface area contributed by atoms with Crippen LogP contribution in [0.2, 0.25) is 0 Å². The van der Waals surface area contributed by atoms with E-state index in [1.807, 2.05) is 0 Å². The van der Waals surface area contributed by atoms with Crippen LogP contribution in [0.4, 0.5) is 0 Å². The number of rotatable bonds is 5. The smallest absolute Gasteiger partial charge is 0.333 e. The number of carbonyl (C=O) groups is 1. The fourth-order valence-electron chi connectivity index (χ4n) is 3.56. The third-order valence-electron chi connectivity index (χ3n) is 4.60. The largest absolute Gasteiger partial charge is 0.455 e. The molecule has 2 fully saturated rings. The number of hydrogen-bond donors (Lipinski definition) is 0. The molecule has 0 radical (unpaired) electrons. The minimum atomic E-state index is -0.176. The molecule has 18 heavy (non-hydrogen) atoms. The zero-order chi connectivity index (χ0) is 13.2. The first-order chi connectivity index (χ1) is 8.60. The van der Waals surface area contributed by atoms with Crippen LogP contribution in [0, 0.1) is 11.8 Å². The van der Waals surface area contributed by atoms with E-state index in [0.717, 1.165) is 6.42 Å². The molecule has 0 N–H and O–H groups in total. The van der Waals surface area contributed by atoms with Crippen molar-refractivity contribution in [1.82, 2.24) is 0 Å². The molecule has 0 aromatic heterocycles. The van der Waals surface area contributed by atoms with Gasteiger partial charge in [0, 0.05) is 5.57 Å². The van der Waals surface area contributed by atoms with E-state index in [-0.39, 0.29) is 11.6 Å². The van der Waals surface area contributed by atoms with Gasteiger partial charge in [0.25, 0.3) is 0 Å². The SMILES string of the molecule is C=C(C)C(=O)OC1(C2CC2)CCCCC1CCC. The molecule has 2 heteroatoms. The third kappa shape index (κ3) is 2.62. The fourth-order valence-corrected chi connectivity index (χ4v) is 3.56. The topological polar surface area (TPSA) is 26.3 Å². The average Bonchev–Trinajstić information content (AvgIpc) is 3.16. The highest BCUT2D eigenvalue weighted by molar-refractivity contribution is 5.87. The quantitative estimate of drug-likeness (QED) is 0.538. The van der Waals surface area contributed by atoms with Crippen LogP contribution < -0.4 is 0 Å². The van der Waals surface area contributed by atoms with Crippen molar-refractivity contribution in [1.29, 1.82) is 0 Å². The second-order valence-electron chi connectivity index (χ2n) is 6.13. The highest BCUT2D eigenvalue weighted by Gasteiger charge is 2.53. The molecule has 102 valence electrons. The molecule has 2 rings (SSSR count). The summed E-state index contributed by atoms with van der Waals surface area (Å²) in [6.45, 7) is 7.71. The first-order valence-corrected chi connectivity index (χ1v) is 7.49. The molecule has 0 aromatic rings. The lowest BCUT2D eigenvalue weighted by Gasteiger charge is -2.44. The lowest BCUT2D eigenvalue weighted by molar-refractivity contribution is -0.171. The van der Waals surface area contributed by atoms with E-state index < -0.39 is 0 Å². The second-order valence-corrected chi connectivity index (χ2v) is 6.13. The summed E-state index contributed by atoms with van der Waals surface area (Å²) >= 11 is 0. The molecule has 2 saturated carbocycles. The predicted molar refractivity (Wildman–Crippen MR) is 73.2 cm³/mol. The first kappa shape index (κ1) is 13.6. The van der Waals surface area contributed by atoms with Gasteiger partial charge in [-0.05, 0) is 57.3 Å². The van der Waals surface area contributed by atoms with Gasteiger partial charge in [0.2, 0.25) is 0 Å². The monoisotopic (exact) mass is 250 g/mol. The first-order valence-electron chi connectivity index (χ1n) is 7.49. The van der Waals surface area contributed by atoms with Gasteiger partial charge in [-0.25, -0.2) is 4.79 Å². The van der Waals surface area contributed by atoms with Crippen molar-refractivity contribution in [3.8, 4) is 0 Å². The normalized spacial score (nSPS) is 32.0. The van der Waals surface area contributed by atoms with Gasteiger partial charge in [-0.3, -0.25) is 0 Å². The van der Waals surface area contributed by atoms with Gasteiger partial charge in [0.05, 0.1) is 0 Å². The van der Waals surface area contributed by atoms with Crippen LogP contribution in [-0.2, 0) is 9.53 Å². The van der Waals surface area contributed by atoms with Crippen molar-refractivity contribution in [3.63, 3.8) is 0 Å². The van der Waals surface area contributed by atoms with Crippen LogP contribution in [0.15, 0.2) is 12.2 Å². The van der Waals surface area contributed by atoms with Crippen molar-refractivity contribution < 1.29 is 9.53 Å². The minimum absolute atomic E-state index is 0.149. The summed E-state index contributed by atoms with van der Waals surface area (Å²) in [4.78, 5) is 12.0. The molecule has 2 unspecified atom stereocenters.